The first kappa shape index (κ1) is 19.7. The molecule has 4 nitrogen and oxygen atoms in total. The highest BCUT2D eigenvalue weighted by molar-refractivity contribution is 7.22. The second-order valence-electron chi connectivity index (χ2n) is 7.18. The fraction of sp³-hybridized carbons (Fsp3) is 0.333. The Labute approximate surface area is 170 Å². The SMILES string of the molecule is O=C(NCC1CCN(c2nc3ccccc3s2)CC1)c1ccc(C(F)(F)F)cc1. The molecule has 0 aliphatic carbocycles. The molecule has 1 fully saturated rings. The van der Waals surface area contributed by atoms with Crippen LogP contribution in [0.1, 0.15) is 28.8 Å². The Morgan fingerprint density at radius 2 is 1.79 bits per heavy atom. The van der Waals surface area contributed by atoms with E-state index in [0.717, 1.165) is 48.7 Å². The molecule has 29 heavy (non-hydrogen) atoms. The summed E-state index contributed by atoms with van der Waals surface area (Å²) in [6.07, 6.45) is -2.53. The Hall–Kier alpha value is -2.61. The van der Waals surface area contributed by atoms with Gasteiger partial charge >= 0.3 is 6.18 Å². The number of carbonyl (C=O) groups excluding carboxylic acids is 1. The third kappa shape index (κ3) is 4.53. The quantitative estimate of drug-likeness (QED) is 0.650. The lowest BCUT2D eigenvalue weighted by molar-refractivity contribution is -0.137. The summed E-state index contributed by atoms with van der Waals surface area (Å²) in [5.74, 6) is 0.00588. The number of aromatic nitrogens is 1. The molecule has 1 aliphatic heterocycles. The van der Waals surface area contributed by atoms with Crippen molar-refractivity contribution < 1.29 is 18.0 Å². The van der Waals surface area contributed by atoms with Gasteiger partial charge in [0.15, 0.2) is 5.13 Å². The first-order chi connectivity index (χ1) is 13.9. The minimum Gasteiger partial charge on any atom is -0.352 e. The first-order valence-electron chi connectivity index (χ1n) is 9.46. The van der Waals surface area contributed by atoms with E-state index in [9.17, 15) is 18.0 Å². The van der Waals surface area contributed by atoms with Crippen LogP contribution in [0.3, 0.4) is 0 Å². The van der Waals surface area contributed by atoms with E-state index in [4.69, 9.17) is 4.98 Å². The molecular formula is C21H20F3N3OS. The molecule has 1 aromatic heterocycles. The van der Waals surface area contributed by atoms with Crippen LogP contribution in [0, 0.1) is 5.92 Å². The van der Waals surface area contributed by atoms with Gasteiger partial charge in [0.1, 0.15) is 0 Å². The van der Waals surface area contributed by atoms with Gasteiger partial charge in [-0.25, -0.2) is 4.98 Å². The summed E-state index contributed by atoms with van der Waals surface area (Å²) >= 11 is 1.69. The number of para-hydroxylation sites is 1. The number of benzene rings is 2. The third-order valence-corrected chi connectivity index (χ3v) is 6.29. The molecular weight excluding hydrogens is 399 g/mol. The average molecular weight is 419 g/mol. The predicted octanol–water partition coefficient (Wildman–Crippen LogP) is 4.96. The van der Waals surface area contributed by atoms with Crippen LogP contribution in [0.5, 0.6) is 0 Å². The molecule has 0 atom stereocenters. The number of piperidine rings is 1. The van der Waals surface area contributed by atoms with Gasteiger partial charge in [-0.3, -0.25) is 4.79 Å². The minimum atomic E-state index is -4.40. The molecule has 8 heteroatoms. The van der Waals surface area contributed by atoms with E-state index in [0.29, 0.717) is 12.5 Å². The fourth-order valence-electron chi connectivity index (χ4n) is 3.47. The Morgan fingerprint density at radius 3 is 2.45 bits per heavy atom. The number of anilines is 1. The Balaban J connectivity index is 1.28. The molecule has 0 unspecified atom stereocenters. The van der Waals surface area contributed by atoms with E-state index in [1.165, 1.54) is 16.8 Å². The fourth-order valence-corrected chi connectivity index (χ4v) is 4.49. The third-order valence-electron chi connectivity index (χ3n) is 5.19. The van der Waals surface area contributed by atoms with Crippen molar-refractivity contribution in [3.05, 3.63) is 59.7 Å². The molecule has 1 saturated heterocycles. The zero-order chi connectivity index (χ0) is 20.4. The molecule has 1 aliphatic rings. The Kier molecular flexibility index (Phi) is 5.45. The molecule has 0 saturated carbocycles. The lowest BCUT2D eigenvalue weighted by atomic mass is 9.97. The normalized spacial score (nSPS) is 15.6. The molecule has 4 rings (SSSR count). The van der Waals surface area contributed by atoms with Crippen molar-refractivity contribution in [1.29, 1.82) is 0 Å². The molecule has 0 bridgehead atoms. The number of nitrogens with zero attached hydrogens (tertiary/aromatic N) is 2. The van der Waals surface area contributed by atoms with Crippen molar-refractivity contribution in [3.63, 3.8) is 0 Å². The summed E-state index contributed by atoms with van der Waals surface area (Å²) in [6.45, 7) is 2.27. The number of halogens is 3. The lowest BCUT2D eigenvalue weighted by Gasteiger charge is -2.31. The number of rotatable bonds is 4. The maximum atomic E-state index is 12.6. The first-order valence-corrected chi connectivity index (χ1v) is 10.3. The summed E-state index contributed by atoms with van der Waals surface area (Å²) in [7, 11) is 0. The predicted molar refractivity (Wildman–Crippen MR) is 108 cm³/mol. The molecule has 1 amide bonds. The monoisotopic (exact) mass is 419 g/mol. The van der Waals surface area contributed by atoms with Gasteiger partial charge in [0, 0.05) is 25.2 Å². The van der Waals surface area contributed by atoms with Crippen molar-refractivity contribution in [2.45, 2.75) is 19.0 Å². The number of thiazole rings is 1. The number of amides is 1. The Bertz CT molecular complexity index is 959. The van der Waals surface area contributed by atoms with Crippen LogP contribution in [0.2, 0.25) is 0 Å². The van der Waals surface area contributed by atoms with Crippen LogP contribution in [0.25, 0.3) is 10.2 Å². The zero-order valence-electron chi connectivity index (χ0n) is 15.6. The number of fused-ring (bicyclic) bond motifs is 1. The highest BCUT2D eigenvalue weighted by atomic mass is 32.1. The highest BCUT2D eigenvalue weighted by Crippen LogP contribution is 2.31. The lowest BCUT2D eigenvalue weighted by Crippen LogP contribution is -2.38. The van der Waals surface area contributed by atoms with E-state index in [-0.39, 0.29) is 11.5 Å². The maximum absolute atomic E-state index is 12.6. The van der Waals surface area contributed by atoms with E-state index >= 15 is 0 Å². The van der Waals surface area contributed by atoms with Gasteiger partial charge in [-0.1, -0.05) is 23.5 Å². The van der Waals surface area contributed by atoms with E-state index < -0.39 is 11.7 Å². The highest BCUT2D eigenvalue weighted by Gasteiger charge is 2.30. The number of carbonyl (C=O) groups is 1. The van der Waals surface area contributed by atoms with Gasteiger partial charge in [-0.2, -0.15) is 13.2 Å². The number of hydrogen-bond acceptors (Lipinski definition) is 4. The van der Waals surface area contributed by atoms with Crippen LogP contribution in [-0.2, 0) is 6.18 Å². The molecule has 3 aromatic rings. The second kappa shape index (κ2) is 8.02. The van der Waals surface area contributed by atoms with Gasteiger partial charge in [0.25, 0.3) is 5.91 Å². The van der Waals surface area contributed by atoms with Gasteiger partial charge in [0.05, 0.1) is 15.8 Å². The van der Waals surface area contributed by atoms with Crippen molar-refractivity contribution in [3.8, 4) is 0 Å². The number of hydrogen-bond donors (Lipinski definition) is 1. The molecule has 2 aromatic carbocycles. The smallest absolute Gasteiger partial charge is 0.352 e. The average Bonchev–Trinajstić information content (AvgIpc) is 3.16. The van der Waals surface area contributed by atoms with Gasteiger partial charge < -0.3 is 10.2 Å². The largest absolute Gasteiger partial charge is 0.416 e. The summed E-state index contributed by atoms with van der Waals surface area (Å²) in [4.78, 5) is 19.2. The molecule has 152 valence electrons. The van der Waals surface area contributed by atoms with Crippen LogP contribution >= 0.6 is 11.3 Å². The van der Waals surface area contributed by atoms with Gasteiger partial charge in [-0.15, -0.1) is 0 Å². The van der Waals surface area contributed by atoms with Crippen LogP contribution in [0.4, 0.5) is 18.3 Å². The molecule has 1 N–H and O–H groups in total. The zero-order valence-corrected chi connectivity index (χ0v) is 16.4. The van der Waals surface area contributed by atoms with Crippen LogP contribution in [-0.4, -0.2) is 30.5 Å². The molecule has 2 heterocycles. The Morgan fingerprint density at radius 1 is 1.10 bits per heavy atom. The van der Waals surface area contributed by atoms with Crippen LogP contribution < -0.4 is 10.2 Å². The second-order valence-corrected chi connectivity index (χ2v) is 8.19. The van der Waals surface area contributed by atoms with Gasteiger partial charge in [0.2, 0.25) is 0 Å². The van der Waals surface area contributed by atoms with E-state index in [1.807, 2.05) is 18.2 Å². The molecule has 0 spiro atoms. The van der Waals surface area contributed by atoms with Gasteiger partial charge in [-0.05, 0) is 55.2 Å². The van der Waals surface area contributed by atoms with E-state index in [1.54, 1.807) is 11.3 Å². The van der Waals surface area contributed by atoms with Crippen molar-refractivity contribution in [2.24, 2.45) is 5.92 Å². The summed E-state index contributed by atoms with van der Waals surface area (Å²) in [5.41, 5.74) is 0.500. The standard InChI is InChI=1S/C21H20F3N3OS/c22-21(23,24)16-7-5-15(6-8-16)19(28)25-13-14-9-11-27(12-10-14)20-26-17-3-1-2-4-18(17)29-20/h1-8,14H,9-13H2,(H,25,28). The van der Waals surface area contributed by atoms with Crippen molar-refractivity contribution >= 4 is 32.6 Å². The van der Waals surface area contributed by atoms with Crippen molar-refractivity contribution in [1.82, 2.24) is 10.3 Å². The summed E-state index contributed by atoms with van der Waals surface area (Å²) in [6, 6.07) is 12.4. The number of alkyl halides is 3. The van der Waals surface area contributed by atoms with Crippen LogP contribution in [0.15, 0.2) is 48.5 Å². The maximum Gasteiger partial charge on any atom is 0.416 e. The number of nitrogens with one attached hydrogen (secondary N) is 1. The summed E-state index contributed by atoms with van der Waals surface area (Å²) in [5, 5.41) is 3.88. The van der Waals surface area contributed by atoms with Crippen molar-refractivity contribution in [2.75, 3.05) is 24.5 Å². The van der Waals surface area contributed by atoms with E-state index in [2.05, 4.69) is 16.3 Å². The summed E-state index contributed by atoms with van der Waals surface area (Å²) < 4.78 is 39.0. The molecule has 0 radical (unpaired) electrons. The topological polar surface area (TPSA) is 45.2 Å². The minimum absolute atomic E-state index is 0.241.